The normalized spacial score (nSPS) is 13.4. The monoisotopic (exact) mass is 326 g/mol. The van der Waals surface area contributed by atoms with E-state index in [1.807, 2.05) is 19.1 Å². The maximum atomic E-state index is 12.2. The summed E-state index contributed by atoms with van der Waals surface area (Å²) >= 11 is 0. The third-order valence-corrected chi connectivity index (χ3v) is 3.87. The molecule has 5 nitrogen and oxygen atoms in total. The molecule has 0 radical (unpaired) electrons. The lowest BCUT2D eigenvalue weighted by atomic mass is 10.2. The van der Waals surface area contributed by atoms with Crippen LogP contribution < -0.4 is 14.8 Å². The van der Waals surface area contributed by atoms with Gasteiger partial charge in [-0.25, -0.2) is 0 Å². The number of rotatable bonds is 8. The first-order valence-corrected chi connectivity index (χ1v) is 8.33. The lowest BCUT2D eigenvalue weighted by Crippen LogP contribution is -2.25. The van der Waals surface area contributed by atoms with Crippen LogP contribution in [-0.4, -0.2) is 24.0 Å². The minimum absolute atomic E-state index is 0.0679. The van der Waals surface area contributed by atoms with Crippen LogP contribution in [0.15, 0.2) is 42.7 Å². The van der Waals surface area contributed by atoms with Gasteiger partial charge in [0, 0.05) is 30.1 Å². The largest absolute Gasteiger partial charge is 0.490 e. The topological polar surface area (TPSA) is 60.5 Å². The number of hydrogen-bond acceptors (Lipinski definition) is 4. The Hall–Kier alpha value is -2.56. The molecule has 1 heterocycles. The zero-order valence-electron chi connectivity index (χ0n) is 13.8. The number of carbonyl (C=O) groups excluding carboxylic acids is 1. The van der Waals surface area contributed by atoms with Crippen LogP contribution in [0.25, 0.3) is 0 Å². The summed E-state index contributed by atoms with van der Waals surface area (Å²) in [7, 11) is 0. The molecule has 1 N–H and O–H groups in total. The molecule has 3 rings (SSSR count). The maximum absolute atomic E-state index is 12.2. The minimum Gasteiger partial charge on any atom is -0.490 e. The van der Waals surface area contributed by atoms with Crippen molar-refractivity contribution in [1.29, 1.82) is 0 Å². The van der Waals surface area contributed by atoms with Gasteiger partial charge in [-0.3, -0.25) is 9.78 Å². The smallest absolute Gasteiger partial charge is 0.251 e. The van der Waals surface area contributed by atoms with Gasteiger partial charge in [0.2, 0.25) is 0 Å². The summed E-state index contributed by atoms with van der Waals surface area (Å²) in [5, 5.41) is 2.96. The molecule has 0 aliphatic heterocycles. The average Bonchev–Trinajstić information content (AvgIpc) is 3.44. The van der Waals surface area contributed by atoms with Crippen molar-refractivity contribution in [2.75, 3.05) is 13.2 Å². The van der Waals surface area contributed by atoms with Crippen molar-refractivity contribution < 1.29 is 14.3 Å². The van der Waals surface area contributed by atoms with Crippen LogP contribution in [-0.2, 0) is 6.61 Å². The van der Waals surface area contributed by atoms with Crippen molar-refractivity contribution in [3.63, 3.8) is 0 Å². The molecule has 126 valence electrons. The van der Waals surface area contributed by atoms with Gasteiger partial charge in [0.1, 0.15) is 6.61 Å². The Morgan fingerprint density at radius 2 is 2.12 bits per heavy atom. The fourth-order valence-electron chi connectivity index (χ4n) is 2.34. The highest BCUT2D eigenvalue weighted by Gasteiger charge is 2.22. The van der Waals surface area contributed by atoms with Gasteiger partial charge in [-0.15, -0.1) is 0 Å². The molecule has 1 aromatic carbocycles. The number of ether oxygens (including phenoxy) is 2. The van der Waals surface area contributed by atoms with Crippen LogP contribution in [0.3, 0.4) is 0 Å². The molecule has 1 fully saturated rings. The van der Waals surface area contributed by atoms with E-state index >= 15 is 0 Å². The standard InChI is InChI=1S/C19H22N2O3/c1-2-23-18-10-16(19(22)21-12-14-5-6-14)7-8-17(18)24-13-15-4-3-9-20-11-15/h3-4,7-11,14H,2,5-6,12-13H2,1H3,(H,21,22). The van der Waals surface area contributed by atoms with Crippen molar-refractivity contribution in [3.8, 4) is 11.5 Å². The molecule has 5 heteroatoms. The van der Waals surface area contributed by atoms with Crippen LogP contribution >= 0.6 is 0 Å². The van der Waals surface area contributed by atoms with E-state index in [-0.39, 0.29) is 5.91 Å². The minimum atomic E-state index is -0.0679. The summed E-state index contributed by atoms with van der Waals surface area (Å²) in [5.41, 5.74) is 1.57. The summed E-state index contributed by atoms with van der Waals surface area (Å²) in [5.74, 6) is 1.80. The van der Waals surface area contributed by atoms with Crippen molar-refractivity contribution in [3.05, 3.63) is 53.9 Å². The van der Waals surface area contributed by atoms with E-state index in [1.165, 1.54) is 12.8 Å². The Balaban J connectivity index is 1.67. The van der Waals surface area contributed by atoms with Gasteiger partial charge in [0.25, 0.3) is 5.91 Å². The highest BCUT2D eigenvalue weighted by molar-refractivity contribution is 5.94. The van der Waals surface area contributed by atoms with Gasteiger partial charge >= 0.3 is 0 Å². The highest BCUT2D eigenvalue weighted by Crippen LogP contribution is 2.30. The summed E-state index contributed by atoms with van der Waals surface area (Å²) in [6.45, 7) is 3.57. The Morgan fingerprint density at radius 3 is 2.83 bits per heavy atom. The summed E-state index contributed by atoms with van der Waals surface area (Å²) in [4.78, 5) is 16.3. The average molecular weight is 326 g/mol. The van der Waals surface area contributed by atoms with Crippen LogP contribution in [0.4, 0.5) is 0 Å². The van der Waals surface area contributed by atoms with E-state index in [2.05, 4.69) is 10.3 Å². The fraction of sp³-hybridized carbons (Fsp3) is 0.368. The molecule has 24 heavy (non-hydrogen) atoms. The third-order valence-electron chi connectivity index (χ3n) is 3.87. The second-order valence-electron chi connectivity index (χ2n) is 5.90. The van der Waals surface area contributed by atoms with E-state index in [0.717, 1.165) is 12.1 Å². The second kappa shape index (κ2) is 7.81. The number of nitrogens with one attached hydrogen (secondary N) is 1. The van der Waals surface area contributed by atoms with Crippen molar-refractivity contribution >= 4 is 5.91 Å². The molecule has 1 aromatic heterocycles. The van der Waals surface area contributed by atoms with Crippen LogP contribution in [0.5, 0.6) is 11.5 Å². The van der Waals surface area contributed by atoms with Crippen molar-refractivity contribution in [1.82, 2.24) is 10.3 Å². The molecule has 1 amide bonds. The summed E-state index contributed by atoms with van der Waals surface area (Å²) in [6.07, 6.45) is 5.92. The van der Waals surface area contributed by atoms with Gasteiger partial charge in [0.05, 0.1) is 6.61 Å². The molecule has 0 bridgehead atoms. The second-order valence-corrected chi connectivity index (χ2v) is 5.90. The Kier molecular flexibility index (Phi) is 5.31. The summed E-state index contributed by atoms with van der Waals surface area (Å²) < 4.78 is 11.5. The number of hydrogen-bond donors (Lipinski definition) is 1. The lowest BCUT2D eigenvalue weighted by molar-refractivity contribution is 0.0951. The van der Waals surface area contributed by atoms with Crippen LogP contribution in [0.2, 0.25) is 0 Å². The molecule has 0 atom stereocenters. The van der Waals surface area contributed by atoms with Crippen LogP contribution in [0.1, 0.15) is 35.7 Å². The van der Waals surface area contributed by atoms with E-state index in [9.17, 15) is 4.79 Å². The molecule has 2 aromatic rings. The number of pyridine rings is 1. The predicted molar refractivity (Wildman–Crippen MR) is 91.2 cm³/mol. The Labute approximate surface area is 142 Å². The molecule has 1 aliphatic carbocycles. The van der Waals surface area contributed by atoms with E-state index in [1.54, 1.807) is 30.6 Å². The lowest BCUT2D eigenvalue weighted by Gasteiger charge is -2.13. The first-order valence-electron chi connectivity index (χ1n) is 8.33. The van der Waals surface area contributed by atoms with Gasteiger partial charge in [-0.1, -0.05) is 6.07 Å². The number of amides is 1. The molecule has 0 saturated heterocycles. The SMILES string of the molecule is CCOc1cc(C(=O)NCC2CC2)ccc1OCc1cccnc1. The molecular formula is C19H22N2O3. The Morgan fingerprint density at radius 1 is 1.25 bits per heavy atom. The van der Waals surface area contributed by atoms with E-state index in [4.69, 9.17) is 9.47 Å². The van der Waals surface area contributed by atoms with Gasteiger partial charge in [0.15, 0.2) is 11.5 Å². The maximum Gasteiger partial charge on any atom is 0.251 e. The number of aromatic nitrogens is 1. The van der Waals surface area contributed by atoms with Crippen molar-refractivity contribution in [2.24, 2.45) is 5.92 Å². The van der Waals surface area contributed by atoms with E-state index < -0.39 is 0 Å². The fourth-order valence-corrected chi connectivity index (χ4v) is 2.34. The van der Waals surface area contributed by atoms with Crippen LogP contribution in [0, 0.1) is 5.92 Å². The number of carbonyl (C=O) groups is 1. The molecule has 0 spiro atoms. The summed E-state index contributed by atoms with van der Waals surface area (Å²) in [6, 6.07) is 9.11. The van der Waals surface area contributed by atoms with E-state index in [0.29, 0.717) is 36.2 Å². The molecule has 1 aliphatic rings. The zero-order valence-corrected chi connectivity index (χ0v) is 13.8. The molecular weight excluding hydrogens is 304 g/mol. The van der Waals surface area contributed by atoms with Crippen molar-refractivity contribution in [2.45, 2.75) is 26.4 Å². The quantitative estimate of drug-likeness (QED) is 0.809. The Bertz CT molecular complexity index is 684. The van der Waals surface area contributed by atoms with Gasteiger partial charge in [-0.05, 0) is 49.9 Å². The zero-order chi connectivity index (χ0) is 16.8. The van der Waals surface area contributed by atoms with Gasteiger partial charge in [-0.2, -0.15) is 0 Å². The molecule has 0 unspecified atom stereocenters. The number of nitrogens with zero attached hydrogens (tertiary/aromatic N) is 1. The predicted octanol–water partition coefficient (Wildman–Crippen LogP) is 3.20. The van der Waals surface area contributed by atoms with Gasteiger partial charge < -0.3 is 14.8 Å². The third kappa shape index (κ3) is 4.47. The number of benzene rings is 1. The first-order chi connectivity index (χ1) is 11.8. The highest BCUT2D eigenvalue weighted by atomic mass is 16.5. The molecule has 1 saturated carbocycles. The first kappa shape index (κ1) is 16.3.